The molecule has 1 amide bonds. The Labute approximate surface area is 141 Å². The monoisotopic (exact) mass is 358 g/mol. The van der Waals surface area contributed by atoms with E-state index in [1.807, 2.05) is 13.8 Å². The topological polar surface area (TPSA) is 106 Å². The van der Waals surface area contributed by atoms with Crippen molar-refractivity contribution in [3.63, 3.8) is 0 Å². The number of carbonyl (C=O) groups excluding carboxylic acids is 1. The van der Waals surface area contributed by atoms with Crippen molar-refractivity contribution in [2.24, 2.45) is 0 Å². The molecule has 0 saturated carbocycles. The molecule has 2 atom stereocenters. The molecular formula is C14H22N4O3S2. The summed E-state index contributed by atoms with van der Waals surface area (Å²) < 4.78 is 23.3. The van der Waals surface area contributed by atoms with Gasteiger partial charge in [0.15, 0.2) is 15.0 Å². The number of hydrogen-bond donors (Lipinski definition) is 1. The van der Waals surface area contributed by atoms with Gasteiger partial charge in [0.2, 0.25) is 5.91 Å². The second-order valence-electron chi connectivity index (χ2n) is 5.66. The zero-order valence-electron chi connectivity index (χ0n) is 13.5. The van der Waals surface area contributed by atoms with E-state index in [2.05, 4.69) is 9.97 Å². The molecule has 0 spiro atoms. The van der Waals surface area contributed by atoms with Crippen LogP contribution in [0.15, 0.2) is 11.2 Å². The molecule has 1 aliphatic heterocycles. The minimum atomic E-state index is -3.02. The summed E-state index contributed by atoms with van der Waals surface area (Å²) in [5, 5.41) is 0.0536. The van der Waals surface area contributed by atoms with Crippen molar-refractivity contribution in [2.75, 3.05) is 23.8 Å². The number of amides is 1. The minimum absolute atomic E-state index is 0.0534. The SMILES string of the molecule is CCN(C(=O)[C@@H](C)Sc1nc(C)cc(N)n1)[C@@H]1CCS(=O)(=O)C1. The number of nitrogen functional groups attached to an aromatic ring is 1. The Kier molecular flexibility index (Phi) is 5.51. The quantitative estimate of drug-likeness (QED) is 0.615. The van der Waals surface area contributed by atoms with Gasteiger partial charge in [0.25, 0.3) is 0 Å². The molecule has 23 heavy (non-hydrogen) atoms. The number of hydrogen-bond acceptors (Lipinski definition) is 7. The maximum absolute atomic E-state index is 12.7. The number of rotatable bonds is 5. The Morgan fingerprint density at radius 2 is 2.22 bits per heavy atom. The fourth-order valence-electron chi connectivity index (χ4n) is 2.67. The Balaban J connectivity index is 2.08. The predicted molar refractivity (Wildman–Crippen MR) is 90.9 cm³/mol. The lowest BCUT2D eigenvalue weighted by Crippen LogP contribution is -2.44. The van der Waals surface area contributed by atoms with Crippen molar-refractivity contribution in [3.8, 4) is 0 Å². The third-order valence-electron chi connectivity index (χ3n) is 3.76. The highest BCUT2D eigenvalue weighted by atomic mass is 32.2. The van der Waals surface area contributed by atoms with Crippen LogP contribution in [0.5, 0.6) is 0 Å². The summed E-state index contributed by atoms with van der Waals surface area (Å²) >= 11 is 1.24. The van der Waals surface area contributed by atoms with Gasteiger partial charge in [0, 0.05) is 24.3 Å². The first kappa shape index (κ1) is 18.0. The highest BCUT2D eigenvalue weighted by Gasteiger charge is 2.35. The number of aromatic nitrogens is 2. The number of nitrogens with two attached hydrogens (primary N) is 1. The second kappa shape index (κ2) is 7.04. The van der Waals surface area contributed by atoms with Crippen LogP contribution in [0.3, 0.4) is 0 Å². The van der Waals surface area contributed by atoms with Crippen LogP contribution in [0.25, 0.3) is 0 Å². The summed E-state index contributed by atoms with van der Waals surface area (Å²) in [7, 11) is -3.02. The van der Waals surface area contributed by atoms with E-state index in [0.717, 1.165) is 5.69 Å². The molecule has 2 heterocycles. The van der Waals surface area contributed by atoms with Crippen molar-refractivity contribution in [3.05, 3.63) is 11.8 Å². The largest absolute Gasteiger partial charge is 0.384 e. The molecule has 128 valence electrons. The van der Waals surface area contributed by atoms with Crippen molar-refractivity contribution in [1.29, 1.82) is 0 Å². The molecule has 2 N–H and O–H groups in total. The molecule has 0 unspecified atom stereocenters. The highest BCUT2D eigenvalue weighted by Crippen LogP contribution is 2.25. The number of carbonyl (C=O) groups is 1. The minimum Gasteiger partial charge on any atom is -0.384 e. The highest BCUT2D eigenvalue weighted by molar-refractivity contribution is 8.00. The molecule has 9 heteroatoms. The molecule has 1 saturated heterocycles. The lowest BCUT2D eigenvalue weighted by molar-refractivity contribution is -0.131. The van der Waals surface area contributed by atoms with Gasteiger partial charge in [-0.2, -0.15) is 0 Å². The molecule has 1 aromatic rings. The average molecular weight is 358 g/mol. The number of aryl methyl sites for hydroxylation is 1. The van der Waals surface area contributed by atoms with Crippen LogP contribution >= 0.6 is 11.8 Å². The fourth-order valence-corrected chi connectivity index (χ4v) is 5.31. The molecule has 2 rings (SSSR count). The molecule has 0 aromatic carbocycles. The summed E-state index contributed by atoms with van der Waals surface area (Å²) in [4.78, 5) is 22.7. The molecule has 7 nitrogen and oxygen atoms in total. The Morgan fingerprint density at radius 1 is 1.52 bits per heavy atom. The Bertz CT molecular complexity index is 673. The van der Waals surface area contributed by atoms with Crippen LogP contribution in [0.1, 0.15) is 26.0 Å². The van der Waals surface area contributed by atoms with Crippen LogP contribution in [-0.4, -0.2) is 58.5 Å². The molecule has 0 bridgehead atoms. The zero-order valence-corrected chi connectivity index (χ0v) is 15.2. The van der Waals surface area contributed by atoms with E-state index >= 15 is 0 Å². The van der Waals surface area contributed by atoms with E-state index in [4.69, 9.17) is 5.73 Å². The van der Waals surface area contributed by atoms with Gasteiger partial charge in [-0.05, 0) is 27.2 Å². The van der Waals surface area contributed by atoms with Gasteiger partial charge in [-0.1, -0.05) is 11.8 Å². The van der Waals surface area contributed by atoms with E-state index in [1.165, 1.54) is 11.8 Å². The molecule has 0 radical (unpaired) electrons. The van der Waals surface area contributed by atoms with E-state index in [0.29, 0.717) is 23.9 Å². The number of sulfone groups is 1. The molecule has 1 aliphatic rings. The molecule has 1 fully saturated rings. The average Bonchev–Trinajstić information content (AvgIpc) is 2.78. The maximum atomic E-state index is 12.7. The van der Waals surface area contributed by atoms with Crippen LogP contribution in [0, 0.1) is 6.92 Å². The van der Waals surface area contributed by atoms with Crippen molar-refractivity contribution < 1.29 is 13.2 Å². The van der Waals surface area contributed by atoms with Crippen molar-refractivity contribution >= 4 is 33.3 Å². The van der Waals surface area contributed by atoms with Gasteiger partial charge in [0.05, 0.1) is 16.8 Å². The van der Waals surface area contributed by atoms with Gasteiger partial charge in [0.1, 0.15) is 5.82 Å². The van der Waals surface area contributed by atoms with Gasteiger partial charge in [-0.3, -0.25) is 4.79 Å². The predicted octanol–water partition coefficient (Wildman–Crippen LogP) is 0.883. The number of anilines is 1. The standard InChI is InChI=1S/C14H22N4O3S2/c1-4-18(11-5-6-23(20,21)8-11)13(19)10(3)22-14-16-9(2)7-12(15)17-14/h7,10-11H,4-6,8H2,1-3H3,(H2,15,16,17)/t10-,11-/m1/s1. The first-order valence-corrected chi connectivity index (χ1v) is 10.2. The number of nitrogens with zero attached hydrogens (tertiary/aromatic N) is 3. The Hall–Kier alpha value is -1.35. The van der Waals surface area contributed by atoms with Crippen LogP contribution in [-0.2, 0) is 14.6 Å². The lowest BCUT2D eigenvalue weighted by Gasteiger charge is -2.29. The second-order valence-corrected chi connectivity index (χ2v) is 9.19. The van der Waals surface area contributed by atoms with E-state index < -0.39 is 15.1 Å². The summed E-state index contributed by atoms with van der Waals surface area (Å²) in [5.41, 5.74) is 6.44. The third kappa shape index (κ3) is 4.57. The third-order valence-corrected chi connectivity index (χ3v) is 6.46. The summed E-state index contributed by atoms with van der Waals surface area (Å²) in [6.45, 7) is 5.94. The maximum Gasteiger partial charge on any atom is 0.236 e. The first-order chi connectivity index (χ1) is 10.7. The smallest absolute Gasteiger partial charge is 0.236 e. The van der Waals surface area contributed by atoms with Crippen LogP contribution < -0.4 is 5.73 Å². The van der Waals surface area contributed by atoms with Gasteiger partial charge in [-0.15, -0.1) is 0 Å². The fraction of sp³-hybridized carbons (Fsp3) is 0.643. The van der Waals surface area contributed by atoms with Gasteiger partial charge < -0.3 is 10.6 Å². The van der Waals surface area contributed by atoms with Crippen molar-refractivity contribution in [2.45, 2.75) is 43.6 Å². The lowest BCUT2D eigenvalue weighted by atomic mass is 10.2. The van der Waals surface area contributed by atoms with E-state index in [9.17, 15) is 13.2 Å². The summed E-state index contributed by atoms with van der Waals surface area (Å²) in [6.07, 6.45) is 0.507. The van der Waals surface area contributed by atoms with Crippen molar-refractivity contribution in [1.82, 2.24) is 14.9 Å². The zero-order chi connectivity index (χ0) is 17.2. The van der Waals surface area contributed by atoms with E-state index in [1.54, 1.807) is 17.9 Å². The molecular weight excluding hydrogens is 336 g/mol. The normalized spacial score (nSPS) is 21.1. The number of thioether (sulfide) groups is 1. The first-order valence-electron chi connectivity index (χ1n) is 7.50. The van der Waals surface area contributed by atoms with Gasteiger partial charge in [-0.25, -0.2) is 18.4 Å². The van der Waals surface area contributed by atoms with Crippen LogP contribution in [0.2, 0.25) is 0 Å². The summed E-state index contributed by atoms with van der Waals surface area (Å²) in [6, 6.07) is 1.43. The molecule has 0 aliphatic carbocycles. The van der Waals surface area contributed by atoms with Crippen LogP contribution in [0.4, 0.5) is 5.82 Å². The van der Waals surface area contributed by atoms with E-state index in [-0.39, 0.29) is 23.5 Å². The summed E-state index contributed by atoms with van der Waals surface area (Å²) in [5.74, 6) is 0.482. The Morgan fingerprint density at radius 3 is 2.74 bits per heavy atom. The molecule has 1 aromatic heterocycles. The van der Waals surface area contributed by atoms with Gasteiger partial charge >= 0.3 is 0 Å².